The van der Waals surface area contributed by atoms with Crippen LogP contribution in [0.3, 0.4) is 0 Å². The van der Waals surface area contributed by atoms with Gasteiger partial charge in [-0.3, -0.25) is 9.59 Å². The van der Waals surface area contributed by atoms with Gasteiger partial charge in [0.15, 0.2) is 11.6 Å². The van der Waals surface area contributed by atoms with E-state index in [1.54, 1.807) is 6.08 Å². The van der Waals surface area contributed by atoms with Gasteiger partial charge in [0.2, 0.25) is 0 Å². The van der Waals surface area contributed by atoms with Crippen LogP contribution in [0.5, 0.6) is 0 Å². The summed E-state index contributed by atoms with van der Waals surface area (Å²) in [6, 6.07) is 0. The van der Waals surface area contributed by atoms with Gasteiger partial charge in [0, 0.05) is 0 Å². The van der Waals surface area contributed by atoms with Gasteiger partial charge in [0.05, 0.1) is 5.57 Å². The molecule has 0 aromatic heterocycles. The molecule has 0 bridgehead atoms. The van der Waals surface area contributed by atoms with Crippen molar-refractivity contribution in [2.45, 2.75) is 20.3 Å². The summed E-state index contributed by atoms with van der Waals surface area (Å²) in [6.07, 6.45) is 8.41. The highest BCUT2D eigenvalue weighted by Gasteiger charge is 2.09. The van der Waals surface area contributed by atoms with Crippen LogP contribution in [0.25, 0.3) is 0 Å². The summed E-state index contributed by atoms with van der Waals surface area (Å²) in [5.74, 6) is -0.345. The summed E-state index contributed by atoms with van der Waals surface area (Å²) in [5.41, 5.74) is 1.22. The first kappa shape index (κ1) is 9.65. The number of ketones is 2. The predicted octanol–water partition coefficient (Wildman–Crippen LogP) is 1.98. The second kappa shape index (κ2) is 3.99. The van der Waals surface area contributed by atoms with Gasteiger partial charge < -0.3 is 0 Å². The summed E-state index contributed by atoms with van der Waals surface area (Å²) >= 11 is 0. The highest BCUT2D eigenvalue weighted by atomic mass is 16.1. The van der Waals surface area contributed by atoms with Crippen molar-refractivity contribution >= 4 is 11.6 Å². The summed E-state index contributed by atoms with van der Waals surface area (Å²) in [7, 11) is 0. The van der Waals surface area contributed by atoms with E-state index in [0.29, 0.717) is 0 Å². The Hall–Kier alpha value is -1.44. The predicted molar refractivity (Wildman–Crippen MR) is 51.3 cm³/mol. The molecule has 0 heterocycles. The summed E-state index contributed by atoms with van der Waals surface area (Å²) in [6.45, 7) is 2.82. The molecule has 1 aliphatic rings. The number of carbonyl (C=O) groups is 2. The molecule has 0 saturated heterocycles. The maximum atomic E-state index is 11.0. The van der Waals surface area contributed by atoms with Gasteiger partial charge in [-0.2, -0.15) is 0 Å². The fraction of sp³-hybridized carbons (Fsp3) is 0.273. The van der Waals surface area contributed by atoms with E-state index in [2.05, 4.69) is 0 Å². The van der Waals surface area contributed by atoms with Crippen LogP contribution in [0.1, 0.15) is 20.3 Å². The Morgan fingerprint density at radius 1 is 1.31 bits per heavy atom. The van der Waals surface area contributed by atoms with Gasteiger partial charge in [0.25, 0.3) is 0 Å². The zero-order chi connectivity index (χ0) is 9.84. The molecule has 0 saturated carbocycles. The van der Waals surface area contributed by atoms with Gasteiger partial charge in [-0.05, 0) is 31.9 Å². The molecule has 13 heavy (non-hydrogen) atoms. The number of Topliss-reactive ketones (excluding diaryl/α,β-unsaturated/α-hetero) is 2. The average molecular weight is 176 g/mol. The summed E-state index contributed by atoms with van der Waals surface area (Å²) < 4.78 is 0. The van der Waals surface area contributed by atoms with Gasteiger partial charge in [-0.1, -0.05) is 18.2 Å². The average Bonchev–Trinajstić information content (AvgIpc) is 2.50. The van der Waals surface area contributed by atoms with Crippen molar-refractivity contribution in [1.29, 1.82) is 0 Å². The minimum atomic E-state index is -0.172. The molecule has 0 aromatic carbocycles. The Morgan fingerprint density at radius 2 is 1.92 bits per heavy atom. The standard InChI is InChI=1S/C11H12O2/c1-8(12)11(9(2)13)7-10-5-3-4-6-10/h3,5-7H,4H2,1-2H3. The highest BCUT2D eigenvalue weighted by molar-refractivity contribution is 6.18. The number of carbonyl (C=O) groups excluding carboxylic acids is 2. The maximum absolute atomic E-state index is 11.0. The van der Waals surface area contributed by atoms with Gasteiger partial charge in [0.1, 0.15) is 0 Å². The minimum absolute atomic E-state index is 0.172. The van der Waals surface area contributed by atoms with E-state index in [4.69, 9.17) is 0 Å². The molecule has 1 aliphatic carbocycles. The normalized spacial score (nSPS) is 13.8. The molecule has 2 heteroatoms. The second-order valence-electron chi connectivity index (χ2n) is 3.01. The van der Waals surface area contributed by atoms with Crippen LogP contribution in [0.4, 0.5) is 0 Å². The van der Waals surface area contributed by atoms with Gasteiger partial charge >= 0.3 is 0 Å². The van der Waals surface area contributed by atoms with Crippen molar-refractivity contribution < 1.29 is 9.59 Å². The number of rotatable bonds is 3. The Morgan fingerprint density at radius 3 is 2.31 bits per heavy atom. The molecule has 0 atom stereocenters. The Balaban J connectivity index is 2.93. The molecule has 0 fully saturated rings. The van der Waals surface area contributed by atoms with Crippen LogP contribution in [-0.4, -0.2) is 11.6 Å². The number of hydrogen-bond acceptors (Lipinski definition) is 2. The van der Waals surface area contributed by atoms with Crippen LogP contribution in [0, 0.1) is 0 Å². The van der Waals surface area contributed by atoms with Crippen LogP contribution in [0.15, 0.2) is 35.5 Å². The lowest BCUT2D eigenvalue weighted by Crippen LogP contribution is -2.06. The Bertz CT molecular complexity index is 314. The molecule has 1 rings (SSSR count). The third kappa shape index (κ3) is 2.51. The molecule has 0 unspecified atom stereocenters. The smallest absolute Gasteiger partial charge is 0.163 e. The third-order valence-corrected chi connectivity index (χ3v) is 1.87. The molecule has 2 nitrogen and oxygen atoms in total. The fourth-order valence-corrected chi connectivity index (χ4v) is 1.20. The van der Waals surface area contributed by atoms with Crippen LogP contribution >= 0.6 is 0 Å². The van der Waals surface area contributed by atoms with E-state index < -0.39 is 0 Å². The van der Waals surface area contributed by atoms with Crippen molar-refractivity contribution in [1.82, 2.24) is 0 Å². The molecule has 0 radical (unpaired) electrons. The minimum Gasteiger partial charge on any atom is -0.294 e. The third-order valence-electron chi connectivity index (χ3n) is 1.87. The second-order valence-corrected chi connectivity index (χ2v) is 3.01. The molecule has 0 amide bonds. The first-order valence-corrected chi connectivity index (χ1v) is 4.21. The molecular formula is C11H12O2. The first-order valence-electron chi connectivity index (χ1n) is 4.21. The number of hydrogen-bond donors (Lipinski definition) is 0. The Labute approximate surface area is 77.6 Å². The van der Waals surface area contributed by atoms with E-state index in [9.17, 15) is 9.59 Å². The monoisotopic (exact) mass is 176 g/mol. The van der Waals surface area contributed by atoms with Crippen LogP contribution in [-0.2, 0) is 9.59 Å². The molecule has 0 spiro atoms. The van der Waals surface area contributed by atoms with Crippen molar-refractivity contribution in [3.63, 3.8) is 0 Å². The SMILES string of the molecule is CC(=O)C(=CC1=CCC=C1)C(C)=O. The lowest BCUT2D eigenvalue weighted by Gasteiger charge is -1.97. The molecular weight excluding hydrogens is 164 g/mol. The summed E-state index contributed by atoms with van der Waals surface area (Å²) in [4.78, 5) is 22.1. The van der Waals surface area contributed by atoms with Gasteiger partial charge in [-0.15, -0.1) is 0 Å². The lowest BCUT2D eigenvalue weighted by atomic mass is 10.1. The molecule has 0 aliphatic heterocycles. The zero-order valence-electron chi connectivity index (χ0n) is 7.83. The fourth-order valence-electron chi connectivity index (χ4n) is 1.20. The largest absolute Gasteiger partial charge is 0.294 e. The van der Waals surface area contributed by atoms with E-state index in [0.717, 1.165) is 12.0 Å². The highest BCUT2D eigenvalue weighted by Crippen LogP contribution is 2.13. The van der Waals surface area contributed by atoms with Crippen molar-refractivity contribution in [2.24, 2.45) is 0 Å². The zero-order valence-corrected chi connectivity index (χ0v) is 7.83. The Kier molecular flexibility index (Phi) is 2.96. The maximum Gasteiger partial charge on any atom is 0.163 e. The number of allylic oxidation sites excluding steroid dienone is 6. The summed E-state index contributed by atoms with van der Waals surface area (Å²) in [5, 5.41) is 0. The van der Waals surface area contributed by atoms with Crippen LogP contribution in [0.2, 0.25) is 0 Å². The van der Waals surface area contributed by atoms with E-state index in [1.807, 2.05) is 18.2 Å². The van der Waals surface area contributed by atoms with E-state index in [-0.39, 0.29) is 17.1 Å². The molecule has 68 valence electrons. The molecule has 0 N–H and O–H groups in total. The van der Waals surface area contributed by atoms with Crippen molar-refractivity contribution in [2.75, 3.05) is 0 Å². The van der Waals surface area contributed by atoms with Crippen molar-refractivity contribution in [3.8, 4) is 0 Å². The van der Waals surface area contributed by atoms with Crippen LogP contribution < -0.4 is 0 Å². The topological polar surface area (TPSA) is 34.1 Å². The molecule has 0 aromatic rings. The quantitative estimate of drug-likeness (QED) is 0.374. The first-order chi connectivity index (χ1) is 6.11. The van der Waals surface area contributed by atoms with Crippen molar-refractivity contribution in [3.05, 3.63) is 35.5 Å². The lowest BCUT2D eigenvalue weighted by molar-refractivity contribution is -0.119. The van der Waals surface area contributed by atoms with E-state index in [1.165, 1.54) is 13.8 Å². The van der Waals surface area contributed by atoms with E-state index >= 15 is 0 Å². The van der Waals surface area contributed by atoms with Gasteiger partial charge in [-0.25, -0.2) is 0 Å².